The Morgan fingerprint density at radius 3 is 2.55 bits per heavy atom. The summed E-state index contributed by atoms with van der Waals surface area (Å²) in [4.78, 5) is 24.5. The second kappa shape index (κ2) is 9.14. The van der Waals surface area contributed by atoms with Crippen molar-refractivity contribution in [1.29, 1.82) is 0 Å². The average molecular weight is 426 g/mol. The van der Waals surface area contributed by atoms with Crippen LogP contribution in [0.4, 0.5) is 0 Å². The zero-order chi connectivity index (χ0) is 20.2. The quantitative estimate of drug-likeness (QED) is 0.516. The van der Waals surface area contributed by atoms with Gasteiger partial charge in [-0.25, -0.2) is 9.97 Å². The third kappa shape index (κ3) is 4.90. The molecule has 1 saturated heterocycles. The highest BCUT2D eigenvalue weighted by Crippen LogP contribution is 2.26. The maximum atomic E-state index is 12.8. The molecule has 1 amide bonds. The number of aromatic nitrogens is 2. The number of benzene rings is 2. The Kier molecular flexibility index (Phi) is 6.36. The molecule has 2 aromatic carbocycles. The number of nitrogens with zero attached hydrogens (tertiary/aromatic N) is 3. The van der Waals surface area contributed by atoms with Crippen LogP contribution in [0.25, 0.3) is 11.0 Å². The molecule has 0 aliphatic carbocycles. The molecular weight excluding hydrogens is 402 g/mol. The second-order valence-electron chi connectivity index (χ2n) is 7.49. The maximum absolute atomic E-state index is 12.8. The number of carbonyl (C=O) groups excluding carboxylic acids is 1. The lowest BCUT2D eigenvalue weighted by molar-refractivity contribution is -0.131. The number of para-hydroxylation sites is 2. The first-order valence-electron chi connectivity index (χ1n) is 10.0. The topological polar surface area (TPSA) is 46.1 Å². The third-order valence-corrected chi connectivity index (χ3v) is 6.59. The molecule has 1 aliphatic rings. The molecule has 29 heavy (non-hydrogen) atoms. The van der Waals surface area contributed by atoms with Gasteiger partial charge in [-0.05, 0) is 56.0 Å². The van der Waals surface area contributed by atoms with Crippen molar-refractivity contribution in [1.82, 2.24) is 14.9 Å². The van der Waals surface area contributed by atoms with Crippen LogP contribution in [0.1, 0.15) is 37.4 Å². The SMILES string of the molecule is C[C@@H]1CCCCN1C(=O)CSc1nc2ccccc2nc1Cc1ccc(Cl)cc1. The minimum atomic E-state index is 0.189. The van der Waals surface area contributed by atoms with Crippen LogP contribution >= 0.6 is 23.4 Å². The van der Waals surface area contributed by atoms with E-state index in [2.05, 4.69) is 6.92 Å². The van der Waals surface area contributed by atoms with E-state index in [0.29, 0.717) is 23.2 Å². The molecule has 0 saturated carbocycles. The molecule has 0 bridgehead atoms. The van der Waals surface area contributed by atoms with E-state index in [9.17, 15) is 4.79 Å². The van der Waals surface area contributed by atoms with Gasteiger partial charge in [-0.15, -0.1) is 0 Å². The van der Waals surface area contributed by atoms with Crippen molar-refractivity contribution in [3.8, 4) is 0 Å². The van der Waals surface area contributed by atoms with Crippen molar-refractivity contribution < 1.29 is 4.79 Å². The van der Waals surface area contributed by atoms with E-state index in [4.69, 9.17) is 21.6 Å². The summed E-state index contributed by atoms with van der Waals surface area (Å²) in [6.45, 7) is 3.01. The lowest BCUT2D eigenvalue weighted by Gasteiger charge is -2.33. The van der Waals surface area contributed by atoms with E-state index in [1.54, 1.807) is 0 Å². The Hall–Kier alpha value is -2.11. The van der Waals surface area contributed by atoms with Gasteiger partial charge in [0.15, 0.2) is 0 Å². The zero-order valence-corrected chi connectivity index (χ0v) is 18.0. The summed E-state index contributed by atoms with van der Waals surface area (Å²) in [6, 6.07) is 16.0. The lowest BCUT2D eigenvalue weighted by Crippen LogP contribution is -2.42. The fourth-order valence-electron chi connectivity index (χ4n) is 3.73. The molecule has 1 atom stereocenters. The molecule has 0 unspecified atom stereocenters. The van der Waals surface area contributed by atoms with Gasteiger partial charge in [-0.3, -0.25) is 4.79 Å². The van der Waals surface area contributed by atoms with Crippen LogP contribution in [-0.2, 0) is 11.2 Å². The van der Waals surface area contributed by atoms with Gasteiger partial charge in [-0.2, -0.15) is 0 Å². The Bertz CT molecular complexity index is 1010. The Morgan fingerprint density at radius 1 is 1.10 bits per heavy atom. The monoisotopic (exact) mass is 425 g/mol. The van der Waals surface area contributed by atoms with E-state index < -0.39 is 0 Å². The molecule has 3 aromatic rings. The number of hydrogen-bond donors (Lipinski definition) is 0. The molecule has 150 valence electrons. The summed E-state index contributed by atoms with van der Waals surface area (Å²) in [7, 11) is 0. The van der Waals surface area contributed by atoms with Gasteiger partial charge in [0.25, 0.3) is 0 Å². The van der Waals surface area contributed by atoms with Crippen molar-refractivity contribution in [3.05, 3.63) is 64.8 Å². The van der Waals surface area contributed by atoms with E-state index in [0.717, 1.165) is 46.7 Å². The molecule has 0 spiro atoms. The number of rotatable bonds is 5. The van der Waals surface area contributed by atoms with Gasteiger partial charge in [0.1, 0.15) is 5.03 Å². The molecule has 6 heteroatoms. The molecule has 4 rings (SSSR count). The van der Waals surface area contributed by atoms with E-state index in [1.807, 2.05) is 53.4 Å². The Morgan fingerprint density at radius 2 is 1.83 bits per heavy atom. The maximum Gasteiger partial charge on any atom is 0.233 e. The highest BCUT2D eigenvalue weighted by Gasteiger charge is 2.23. The fraction of sp³-hybridized carbons (Fsp3) is 0.348. The van der Waals surface area contributed by atoms with Gasteiger partial charge < -0.3 is 4.90 Å². The Labute approximate surface area is 180 Å². The predicted octanol–water partition coefficient (Wildman–Crippen LogP) is 5.37. The largest absolute Gasteiger partial charge is 0.339 e. The highest BCUT2D eigenvalue weighted by molar-refractivity contribution is 7.99. The summed E-state index contributed by atoms with van der Waals surface area (Å²) in [5.41, 5.74) is 3.75. The van der Waals surface area contributed by atoms with Gasteiger partial charge >= 0.3 is 0 Å². The van der Waals surface area contributed by atoms with Crippen molar-refractivity contribution >= 4 is 40.3 Å². The lowest BCUT2D eigenvalue weighted by atomic mass is 10.0. The van der Waals surface area contributed by atoms with E-state index in [-0.39, 0.29) is 5.91 Å². The summed E-state index contributed by atoms with van der Waals surface area (Å²) in [6.07, 6.45) is 4.05. The van der Waals surface area contributed by atoms with Crippen molar-refractivity contribution in [2.24, 2.45) is 0 Å². The van der Waals surface area contributed by atoms with Crippen molar-refractivity contribution in [3.63, 3.8) is 0 Å². The first-order chi connectivity index (χ1) is 14.1. The van der Waals surface area contributed by atoms with E-state index in [1.165, 1.54) is 18.2 Å². The third-order valence-electron chi connectivity index (χ3n) is 5.35. The fourth-order valence-corrected chi connectivity index (χ4v) is 4.73. The Balaban J connectivity index is 1.57. The smallest absolute Gasteiger partial charge is 0.233 e. The molecule has 1 aliphatic heterocycles. The number of piperidine rings is 1. The molecule has 4 nitrogen and oxygen atoms in total. The predicted molar refractivity (Wildman–Crippen MR) is 120 cm³/mol. The van der Waals surface area contributed by atoms with Gasteiger partial charge in [0, 0.05) is 24.0 Å². The molecule has 0 radical (unpaired) electrons. The summed E-state index contributed by atoms with van der Waals surface area (Å²) in [5.74, 6) is 0.583. The van der Waals surface area contributed by atoms with Crippen LogP contribution in [0.3, 0.4) is 0 Å². The zero-order valence-electron chi connectivity index (χ0n) is 16.5. The highest BCUT2D eigenvalue weighted by atomic mass is 35.5. The molecule has 1 fully saturated rings. The summed E-state index contributed by atoms with van der Waals surface area (Å²) < 4.78 is 0. The van der Waals surface area contributed by atoms with Crippen LogP contribution in [-0.4, -0.2) is 39.1 Å². The number of hydrogen-bond acceptors (Lipinski definition) is 4. The number of carbonyl (C=O) groups is 1. The summed E-state index contributed by atoms with van der Waals surface area (Å²) in [5, 5.41) is 1.55. The number of amides is 1. The van der Waals surface area contributed by atoms with Gasteiger partial charge in [0.2, 0.25) is 5.91 Å². The van der Waals surface area contributed by atoms with Gasteiger partial charge in [-0.1, -0.05) is 47.6 Å². The van der Waals surface area contributed by atoms with Crippen LogP contribution < -0.4 is 0 Å². The first-order valence-corrected chi connectivity index (χ1v) is 11.4. The molecular formula is C23H24ClN3OS. The average Bonchev–Trinajstić information content (AvgIpc) is 2.74. The molecule has 1 aromatic heterocycles. The second-order valence-corrected chi connectivity index (χ2v) is 8.89. The number of fused-ring (bicyclic) bond motifs is 1. The van der Waals surface area contributed by atoms with Crippen molar-refractivity contribution in [2.45, 2.75) is 43.7 Å². The normalized spacial score (nSPS) is 16.9. The van der Waals surface area contributed by atoms with Crippen LogP contribution in [0.5, 0.6) is 0 Å². The van der Waals surface area contributed by atoms with Crippen LogP contribution in [0.15, 0.2) is 53.6 Å². The first kappa shape index (κ1) is 20.2. The van der Waals surface area contributed by atoms with E-state index >= 15 is 0 Å². The molecule has 0 N–H and O–H groups in total. The van der Waals surface area contributed by atoms with Crippen LogP contribution in [0.2, 0.25) is 5.02 Å². The number of halogens is 1. The van der Waals surface area contributed by atoms with Gasteiger partial charge in [0.05, 0.1) is 22.5 Å². The number of thioether (sulfide) groups is 1. The van der Waals surface area contributed by atoms with Crippen LogP contribution in [0, 0.1) is 0 Å². The number of likely N-dealkylation sites (tertiary alicyclic amines) is 1. The van der Waals surface area contributed by atoms with Crippen molar-refractivity contribution in [2.75, 3.05) is 12.3 Å². The molecule has 2 heterocycles. The minimum absolute atomic E-state index is 0.189. The standard InChI is InChI=1S/C23H24ClN3OS/c1-16-6-4-5-13-27(16)22(28)15-29-23-21(14-17-9-11-18(24)12-10-17)25-19-7-2-3-8-20(19)26-23/h2-3,7-12,16H,4-6,13-15H2,1H3/t16-/m1/s1. The summed E-state index contributed by atoms with van der Waals surface area (Å²) >= 11 is 7.52. The minimum Gasteiger partial charge on any atom is -0.339 e.